The van der Waals surface area contributed by atoms with Gasteiger partial charge < -0.3 is 10.8 Å². The molecule has 0 aliphatic heterocycles. The second-order valence-electron chi connectivity index (χ2n) is 5.50. The summed E-state index contributed by atoms with van der Waals surface area (Å²) in [4.78, 5) is 0. The van der Waals surface area contributed by atoms with Gasteiger partial charge in [-0.15, -0.1) is 0 Å². The SMILES string of the molecule is CC1(C)[C@@H]2C[C@@H](O)[C@](C)(N)C[C@@H]21. The smallest absolute Gasteiger partial charge is 0.0720 e. The van der Waals surface area contributed by atoms with Gasteiger partial charge in [-0.3, -0.25) is 0 Å². The van der Waals surface area contributed by atoms with Crippen LogP contribution in [0.2, 0.25) is 0 Å². The summed E-state index contributed by atoms with van der Waals surface area (Å²) in [6.07, 6.45) is 1.61. The van der Waals surface area contributed by atoms with Crippen LogP contribution >= 0.6 is 0 Å². The second kappa shape index (κ2) is 2.05. The van der Waals surface area contributed by atoms with E-state index in [9.17, 15) is 5.11 Å². The van der Waals surface area contributed by atoms with E-state index in [0.29, 0.717) is 5.41 Å². The molecule has 0 aromatic heterocycles. The van der Waals surface area contributed by atoms with Crippen LogP contribution in [0.1, 0.15) is 33.6 Å². The maximum absolute atomic E-state index is 9.74. The Balaban J connectivity index is 2.14. The predicted octanol–water partition coefficient (Wildman–Crippen LogP) is 1.13. The minimum atomic E-state index is -0.338. The lowest BCUT2D eigenvalue weighted by molar-refractivity contribution is 0.0527. The molecule has 0 aromatic carbocycles. The lowest BCUT2D eigenvalue weighted by atomic mass is 9.82. The van der Waals surface area contributed by atoms with Crippen LogP contribution in [0.5, 0.6) is 0 Å². The first-order valence-corrected chi connectivity index (χ1v) is 4.82. The largest absolute Gasteiger partial charge is 0.391 e. The van der Waals surface area contributed by atoms with Crippen molar-refractivity contribution in [2.75, 3.05) is 0 Å². The zero-order valence-corrected chi connectivity index (χ0v) is 8.17. The predicted molar refractivity (Wildman–Crippen MR) is 48.6 cm³/mol. The molecule has 0 spiro atoms. The van der Waals surface area contributed by atoms with Crippen molar-refractivity contribution in [3.05, 3.63) is 0 Å². The van der Waals surface area contributed by atoms with Gasteiger partial charge in [-0.25, -0.2) is 0 Å². The molecule has 0 unspecified atom stereocenters. The Labute approximate surface area is 74.1 Å². The molecule has 70 valence electrons. The molecule has 2 aliphatic rings. The molecule has 0 amide bonds. The molecular weight excluding hydrogens is 150 g/mol. The molecule has 2 saturated carbocycles. The molecule has 0 saturated heterocycles. The van der Waals surface area contributed by atoms with Crippen molar-refractivity contribution in [3.8, 4) is 0 Å². The molecule has 12 heavy (non-hydrogen) atoms. The second-order valence-corrected chi connectivity index (χ2v) is 5.50. The van der Waals surface area contributed by atoms with Gasteiger partial charge in [-0.2, -0.15) is 0 Å². The Bertz CT molecular complexity index is 210. The number of aliphatic hydroxyl groups is 1. The zero-order chi connectivity index (χ0) is 9.15. The lowest BCUT2D eigenvalue weighted by Gasteiger charge is -2.34. The van der Waals surface area contributed by atoms with Crippen molar-refractivity contribution in [1.29, 1.82) is 0 Å². The van der Waals surface area contributed by atoms with Crippen molar-refractivity contribution in [2.24, 2.45) is 23.0 Å². The van der Waals surface area contributed by atoms with E-state index in [2.05, 4.69) is 13.8 Å². The molecule has 2 nitrogen and oxygen atoms in total. The number of fused-ring (bicyclic) bond motifs is 1. The van der Waals surface area contributed by atoms with Crippen molar-refractivity contribution in [2.45, 2.75) is 45.3 Å². The van der Waals surface area contributed by atoms with Gasteiger partial charge in [0, 0.05) is 5.54 Å². The molecule has 0 radical (unpaired) electrons. The number of rotatable bonds is 0. The summed E-state index contributed by atoms with van der Waals surface area (Å²) in [6, 6.07) is 0. The summed E-state index contributed by atoms with van der Waals surface area (Å²) < 4.78 is 0. The average Bonchev–Trinajstić information content (AvgIpc) is 2.37. The molecule has 0 aromatic rings. The highest BCUT2D eigenvalue weighted by Crippen LogP contribution is 2.65. The summed E-state index contributed by atoms with van der Waals surface area (Å²) in [5.41, 5.74) is 6.11. The first-order chi connectivity index (χ1) is 5.36. The highest BCUT2D eigenvalue weighted by molar-refractivity contribution is 5.14. The molecule has 2 fully saturated rings. The van der Waals surface area contributed by atoms with Crippen LogP contribution in [0.3, 0.4) is 0 Å². The highest BCUT2D eigenvalue weighted by Gasteiger charge is 2.63. The molecule has 0 heterocycles. The minimum absolute atomic E-state index is 0.291. The molecule has 3 N–H and O–H groups in total. The summed E-state index contributed by atoms with van der Waals surface area (Å²) >= 11 is 0. The molecule has 2 rings (SSSR count). The van der Waals surface area contributed by atoms with Gasteiger partial charge in [0.1, 0.15) is 0 Å². The lowest BCUT2D eigenvalue weighted by Crippen LogP contribution is -2.50. The van der Waals surface area contributed by atoms with Gasteiger partial charge in [-0.05, 0) is 37.0 Å². The van der Waals surface area contributed by atoms with Crippen molar-refractivity contribution >= 4 is 0 Å². The summed E-state index contributed by atoms with van der Waals surface area (Å²) in [5, 5.41) is 9.74. The van der Waals surface area contributed by atoms with E-state index >= 15 is 0 Å². The Morgan fingerprint density at radius 1 is 1.25 bits per heavy atom. The van der Waals surface area contributed by atoms with E-state index in [1.165, 1.54) is 0 Å². The maximum atomic E-state index is 9.74. The van der Waals surface area contributed by atoms with Crippen molar-refractivity contribution < 1.29 is 5.11 Å². The topological polar surface area (TPSA) is 46.2 Å². The Morgan fingerprint density at radius 2 is 1.83 bits per heavy atom. The van der Waals surface area contributed by atoms with Crippen LogP contribution in [0.15, 0.2) is 0 Å². The molecular formula is C10H19NO. The summed E-state index contributed by atoms with van der Waals surface area (Å²) in [5.74, 6) is 1.49. The Hall–Kier alpha value is -0.0800. The number of aliphatic hydroxyl groups excluding tert-OH is 1. The van der Waals surface area contributed by atoms with Gasteiger partial charge >= 0.3 is 0 Å². The van der Waals surface area contributed by atoms with Crippen LogP contribution in [-0.4, -0.2) is 16.7 Å². The van der Waals surface area contributed by atoms with Gasteiger partial charge in [0.15, 0.2) is 0 Å². The van der Waals surface area contributed by atoms with Crippen LogP contribution in [0, 0.1) is 17.3 Å². The van der Waals surface area contributed by atoms with Crippen LogP contribution < -0.4 is 5.73 Å². The molecule has 2 aliphatic carbocycles. The zero-order valence-electron chi connectivity index (χ0n) is 8.17. The van der Waals surface area contributed by atoms with Crippen molar-refractivity contribution in [3.63, 3.8) is 0 Å². The monoisotopic (exact) mass is 169 g/mol. The normalized spacial score (nSPS) is 56.2. The average molecular weight is 169 g/mol. The summed E-state index contributed by atoms with van der Waals surface area (Å²) in [7, 11) is 0. The standard InChI is InChI=1S/C10H19NO/c1-9(2)6-4-8(12)10(3,11)5-7(6)9/h6-8,12H,4-5,11H2,1-3H3/t6-,7+,8-,10-/m1/s1. The van der Waals surface area contributed by atoms with Crippen LogP contribution in [-0.2, 0) is 0 Å². The van der Waals surface area contributed by atoms with Gasteiger partial charge in [0.25, 0.3) is 0 Å². The number of nitrogens with two attached hydrogens (primary N) is 1. The first-order valence-electron chi connectivity index (χ1n) is 4.82. The van der Waals surface area contributed by atoms with Gasteiger partial charge in [0.2, 0.25) is 0 Å². The van der Waals surface area contributed by atoms with E-state index in [-0.39, 0.29) is 11.6 Å². The first kappa shape index (κ1) is 8.52. The minimum Gasteiger partial charge on any atom is -0.391 e. The van der Waals surface area contributed by atoms with Crippen LogP contribution in [0.4, 0.5) is 0 Å². The molecule has 2 heteroatoms. The van der Waals surface area contributed by atoms with E-state index in [1.807, 2.05) is 6.92 Å². The van der Waals surface area contributed by atoms with Crippen LogP contribution in [0.25, 0.3) is 0 Å². The molecule has 4 atom stereocenters. The van der Waals surface area contributed by atoms with Gasteiger partial charge in [0.05, 0.1) is 6.10 Å². The van der Waals surface area contributed by atoms with Crippen molar-refractivity contribution in [1.82, 2.24) is 0 Å². The summed E-state index contributed by atoms with van der Waals surface area (Å²) in [6.45, 7) is 6.55. The Kier molecular flexibility index (Phi) is 1.45. The molecule has 0 bridgehead atoms. The van der Waals surface area contributed by atoms with E-state index < -0.39 is 0 Å². The van der Waals surface area contributed by atoms with E-state index in [4.69, 9.17) is 5.73 Å². The number of hydrogen-bond acceptors (Lipinski definition) is 2. The van der Waals surface area contributed by atoms with E-state index in [0.717, 1.165) is 24.7 Å². The third-order valence-electron chi connectivity index (χ3n) is 4.19. The fraction of sp³-hybridized carbons (Fsp3) is 1.00. The Morgan fingerprint density at radius 3 is 2.33 bits per heavy atom. The highest BCUT2D eigenvalue weighted by atomic mass is 16.3. The quantitative estimate of drug-likeness (QED) is 0.571. The number of hydrogen-bond donors (Lipinski definition) is 2. The fourth-order valence-corrected chi connectivity index (χ4v) is 2.85. The third kappa shape index (κ3) is 0.944. The van der Waals surface area contributed by atoms with Gasteiger partial charge in [-0.1, -0.05) is 13.8 Å². The fourth-order valence-electron chi connectivity index (χ4n) is 2.85. The van der Waals surface area contributed by atoms with E-state index in [1.54, 1.807) is 0 Å². The maximum Gasteiger partial charge on any atom is 0.0720 e. The third-order valence-corrected chi connectivity index (χ3v) is 4.19.